The number of hydrogen-bond acceptors (Lipinski definition) is 0. The monoisotopic (exact) mass is 196 g/mol. The quantitative estimate of drug-likeness (QED) is 0.557. The van der Waals surface area contributed by atoms with Gasteiger partial charge in [0.15, 0.2) is 4.30 Å². The molecular formula is C7H7Cl3. The van der Waals surface area contributed by atoms with Crippen molar-refractivity contribution in [2.24, 2.45) is 0 Å². The lowest BCUT2D eigenvalue weighted by Gasteiger charge is -1.69. The van der Waals surface area contributed by atoms with Gasteiger partial charge in [-0.3, -0.25) is 0 Å². The molecular weight excluding hydrogens is 190 g/mol. The summed E-state index contributed by atoms with van der Waals surface area (Å²) in [5.41, 5.74) is 0. The van der Waals surface area contributed by atoms with Crippen molar-refractivity contribution in [1.82, 2.24) is 0 Å². The predicted octanol–water partition coefficient (Wildman–Crippen LogP) is 3.67. The summed E-state index contributed by atoms with van der Waals surface area (Å²) in [5, 5.41) is 0. The molecule has 0 bridgehead atoms. The zero-order chi connectivity index (χ0) is 7.82. The van der Waals surface area contributed by atoms with Gasteiger partial charge in [0, 0.05) is 0 Å². The van der Waals surface area contributed by atoms with Crippen LogP contribution in [-0.2, 0) is 0 Å². The van der Waals surface area contributed by atoms with Gasteiger partial charge in [0.1, 0.15) is 0 Å². The van der Waals surface area contributed by atoms with Gasteiger partial charge in [-0.05, 0) is 0 Å². The Kier molecular flexibility index (Phi) is 7.26. The van der Waals surface area contributed by atoms with Crippen LogP contribution in [0, 0.1) is 0 Å². The lowest BCUT2D eigenvalue weighted by molar-refractivity contribution is 1.72. The Morgan fingerprint density at radius 3 is 0.800 bits per heavy atom. The minimum atomic E-state index is -0.750. The van der Waals surface area contributed by atoms with Crippen LogP contribution in [0.4, 0.5) is 0 Å². The molecule has 0 atom stereocenters. The topological polar surface area (TPSA) is 0 Å². The zero-order valence-electron chi connectivity index (χ0n) is 5.18. The first-order chi connectivity index (χ1) is 4.73. The van der Waals surface area contributed by atoms with Crippen molar-refractivity contribution < 1.29 is 0 Å². The molecule has 0 heterocycles. The van der Waals surface area contributed by atoms with E-state index in [0.717, 1.165) is 0 Å². The molecule has 0 fully saturated rings. The maximum Gasteiger partial charge on any atom is 0.180 e. The van der Waals surface area contributed by atoms with Crippen LogP contribution in [0.25, 0.3) is 0 Å². The van der Waals surface area contributed by atoms with Crippen LogP contribution in [0.5, 0.6) is 0 Å². The summed E-state index contributed by atoms with van der Waals surface area (Å²) < 4.78 is -0.750. The van der Waals surface area contributed by atoms with E-state index in [1.165, 1.54) is 0 Å². The van der Waals surface area contributed by atoms with Crippen molar-refractivity contribution >= 4 is 34.8 Å². The van der Waals surface area contributed by atoms with Gasteiger partial charge in [-0.25, -0.2) is 0 Å². The summed E-state index contributed by atoms with van der Waals surface area (Å²) >= 11 is 14.4. The molecule has 0 saturated carbocycles. The smallest absolute Gasteiger partial charge is 0.0874 e. The fourth-order valence-electron chi connectivity index (χ4n) is 0.385. The number of hydrogen-bond donors (Lipinski definition) is 0. The van der Waals surface area contributed by atoms with E-state index in [0.29, 0.717) is 0 Å². The molecule has 0 aliphatic rings. The van der Waals surface area contributed by atoms with Crippen LogP contribution >= 0.6 is 34.8 Å². The molecule has 3 heteroatoms. The molecule has 56 valence electrons. The van der Waals surface area contributed by atoms with Gasteiger partial charge < -0.3 is 0 Å². The highest BCUT2D eigenvalue weighted by atomic mass is 35.6. The Morgan fingerprint density at radius 2 is 0.700 bits per heavy atom. The third-order valence-corrected chi connectivity index (χ3v) is 0.667. The van der Waals surface area contributed by atoms with E-state index in [4.69, 9.17) is 34.8 Å². The molecule has 0 amide bonds. The van der Waals surface area contributed by atoms with E-state index in [1.807, 2.05) is 36.4 Å². The second-order valence-electron chi connectivity index (χ2n) is 1.40. The maximum absolute atomic E-state index is 4.81. The van der Waals surface area contributed by atoms with Gasteiger partial charge in [-0.2, -0.15) is 0 Å². The number of alkyl halides is 3. The van der Waals surface area contributed by atoms with Gasteiger partial charge in [0.25, 0.3) is 0 Å². The summed E-state index contributed by atoms with van der Waals surface area (Å²) in [6.45, 7) is 0. The summed E-state index contributed by atoms with van der Waals surface area (Å²) in [5.74, 6) is 0. The zero-order valence-corrected chi connectivity index (χ0v) is 7.44. The molecule has 1 aromatic carbocycles. The molecule has 0 spiro atoms. The molecule has 0 aliphatic carbocycles. The Balaban J connectivity index is 0.000000180. The Labute approximate surface area is 75.7 Å². The first-order valence-corrected chi connectivity index (χ1v) is 3.96. The summed E-state index contributed by atoms with van der Waals surface area (Å²) in [4.78, 5) is 0. The van der Waals surface area contributed by atoms with E-state index < -0.39 is 4.30 Å². The highest BCUT2D eigenvalue weighted by molar-refractivity contribution is 6.63. The molecule has 0 nitrogen and oxygen atoms in total. The van der Waals surface area contributed by atoms with E-state index in [-0.39, 0.29) is 0 Å². The van der Waals surface area contributed by atoms with Gasteiger partial charge in [-0.1, -0.05) is 71.2 Å². The average Bonchev–Trinajstić information content (AvgIpc) is 1.90. The standard InChI is InChI=1S/C6H6.CHCl3/c1-2-4-6-5-3-1;2-1(3)4/h1-6H;1H. The van der Waals surface area contributed by atoms with Gasteiger partial charge in [0.05, 0.1) is 0 Å². The average molecular weight is 197 g/mol. The predicted molar refractivity (Wildman–Crippen MR) is 47.8 cm³/mol. The third kappa shape index (κ3) is 11.0. The molecule has 0 aliphatic heterocycles. The first kappa shape index (κ1) is 10.1. The fraction of sp³-hybridized carbons (Fsp3) is 0.143. The highest BCUT2D eigenvalue weighted by Crippen LogP contribution is 2.03. The number of benzene rings is 1. The minimum Gasteiger partial charge on any atom is -0.0874 e. The molecule has 1 rings (SSSR count). The lowest BCUT2D eigenvalue weighted by Crippen LogP contribution is -1.55. The lowest BCUT2D eigenvalue weighted by atomic mass is 10.4. The van der Waals surface area contributed by atoms with Crippen LogP contribution < -0.4 is 0 Å². The largest absolute Gasteiger partial charge is 0.180 e. The van der Waals surface area contributed by atoms with Gasteiger partial charge in [-0.15, -0.1) is 0 Å². The van der Waals surface area contributed by atoms with E-state index in [2.05, 4.69) is 0 Å². The van der Waals surface area contributed by atoms with Gasteiger partial charge in [0.2, 0.25) is 0 Å². The second-order valence-corrected chi connectivity index (χ2v) is 3.38. The van der Waals surface area contributed by atoms with E-state index >= 15 is 0 Å². The maximum atomic E-state index is 4.81. The van der Waals surface area contributed by atoms with Crippen LogP contribution in [-0.4, -0.2) is 4.30 Å². The Morgan fingerprint density at radius 1 is 0.600 bits per heavy atom. The molecule has 0 N–H and O–H groups in total. The summed E-state index contributed by atoms with van der Waals surface area (Å²) in [7, 11) is 0. The number of rotatable bonds is 0. The van der Waals surface area contributed by atoms with E-state index in [9.17, 15) is 0 Å². The van der Waals surface area contributed by atoms with Crippen molar-refractivity contribution in [3.63, 3.8) is 0 Å². The molecule has 0 saturated heterocycles. The molecule has 1 aromatic rings. The summed E-state index contributed by atoms with van der Waals surface area (Å²) in [6.07, 6.45) is 0. The Hall–Kier alpha value is 0.0900. The highest BCUT2D eigenvalue weighted by Gasteiger charge is 1.78. The minimum absolute atomic E-state index is 0.750. The second kappa shape index (κ2) is 7.20. The van der Waals surface area contributed by atoms with Crippen molar-refractivity contribution in [3.05, 3.63) is 36.4 Å². The molecule has 0 radical (unpaired) electrons. The van der Waals surface area contributed by atoms with Gasteiger partial charge >= 0.3 is 0 Å². The SMILES string of the molecule is ClC(Cl)Cl.c1ccccc1. The van der Waals surface area contributed by atoms with Crippen molar-refractivity contribution in [2.45, 2.75) is 4.30 Å². The molecule has 10 heavy (non-hydrogen) atoms. The van der Waals surface area contributed by atoms with Crippen molar-refractivity contribution in [2.75, 3.05) is 0 Å². The molecule has 0 unspecified atom stereocenters. The first-order valence-electron chi connectivity index (χ1n) is 2.65. The van der Waals surface area contributed by atoms with Crippen LogP contribution in [0.15, 0.2) is 36.4 Å². The molecule has 0 aromatic heterocycles. The van der Waals surface area contributed by atoms with Crippen molar-refractivity contribution in [3.8, 4) is 0 Å². The van der Waals surface area contributed by atoms with Crippen molar-refractivity contribution in [1.29, 1.82) is 0 Å². The third-order valence-electron chi connectivity index (χ3n) is 0.667. The van der Waals surface area contributed by atoms with Crippen LogP contribution in [0.1, 0.15) is 0 Å². The normalized spacial score (nSPS) is 8.40. The number of halogens is 3. The summed E-state index contributed by atoms with van der Waals surface area (Å²) in [6, 6.07) is 12.0. The van der Waals surface area contributed by atoms with Crippen LogP contribution in [0.2, 0.25) is 0 Å². The Bertz CT molecular complexity index is 109. The fourth-order valence-corrected chi connectivity index (χ4v) is 0.385. The van der Waals surface area contributed by atoms with Crippen LogP contribution in [0.3, 0.4) is 0 Å². The van der Waals surface area contributed by atoms with E-state index in [1.54, 1.807) is 0 Å².